The van der Waals surface area contributed by atoms with E-state index >= 15 is 0 Å². The number of ether oxygens (including phenoxy) is 2. The van der Waals surface area contributed by atoms with Crippen molar-refractivity contribution in [1.29, 1.82) is 0 Å². The van der Waals surface area contributed by atoms with E-state index in [1.54, 1.807) is 14.2 Å². The van der Waals surface area contributed by atoms with Crippen molar-refractivity contribution in [2.75, 3.05) is 14.2 Å². The quantitative estimate of drug-likeness (QED) is 0.623. The second-order valence-corrected chi connectivity index (χ2v) is 16.7. The first-order valence-electron chi connectivity index (χ1n) is 4.74. The molecule has 0 radical (unpaired) electrons. The SMILES string of the molecule is CO[CH](OC)[Sn]([CH3])([CH3])[c]1ccccc1. The molecule has 0 spiro atoms. The second-order valence-electron chi connectivity index (χ2n) is 3.89. The number of hydrogen-bond acceptors (Lipinski definition) is 2. The van der Waals surface area contributed by atoms with E-state index in [-0.39, 0.29) is 4.31 Å². The standard InChI is InChI=1S/C6H5.C3H7O2.2CH3.Sn/c1-2-4-6-5-3-1;1-4-3-5-2;;;/h1-5H;3H,1-2H3;2*1H3;. The summed E-state index contributed by atoms with van der Waals surface area (Å²) in [6, 6.07) is 10.6. The van der Waals surface area contributed by atoms with E-state index in [9.17, 15) is 0 Å². The third-order valence-corrected chi connectivity index (χ3v) is 12.4. The molecule has 0 bridgehead atoms. The Morgan fingerprint density at radius 3 is 1.93 bits per heavy atom. The zero-order chi connectivity index (χ0) is 10.6. The van der Waals surface area contributed by atoms with Crippen molar-refractivity contribution in [2.45, 2.75) is 14.2 Å². The zero-order valence-corrected chi connectivity index (χ0v) is 12.1. The van der Waals surface area contributed by atoms with Crippen LogP contribution in [-0.2, 0) is 9.47 Å². The summed E-state index contributed by atoms with van der Waals surface area (Å²) in [5.41, 5.74) is 0. The summed E-state index contributed by atoms with van der Waals surface area (Å²) in [6.07, 6.45) is 0. The van der Waals surface area contributed by atoms with Gasteiger partial charge >= 0.3 is 90.2 Å². The van der Waals surface area contributed by atoms with Crippen LogP contribution in [0.15, 0.2) is 30.3 Å². The molecule has 0 aliphatic carbocycles. The van der Waals surface area contributed by atoms with E-state index in [4.69, 9.17) is 9.47 Å². The Balaban J connectivity index is 2.94. The van der Waals surface area contributed by atoms with E-state index in [0.717, 1.165) is 0 Å². The number of hydrogen-bond donors (Lipinski definition) is 0. The van der Waals surface area contributed by atoms with Crippen molar-refractivity contribution in [3.05, 3.63) is 30.3 Å². The van der Waals surface area contributed by atoms with Gasteiger partial charge in [-0.1, -0.05) is 0 Å². The molecule has 0 amide bonds. The molecule has 14 heavy (non-hydrogen) atoms. The van der Waals surface area contributed by atoms with Gasteiger partial charge in [-0.15, -0.1) is 0 Å². The van der Waals surface area contributed by atoms with Crippen LogP contribution in [-0.4, -0.2) is 36.9 Å². The molecule has 1 rings (SSSR count). The minimum absolute atomic E-state index is 0.00769. The van der Waals surface area contributed by atoms with Gasteiger partial charge in [-0.2, -0.15) is 0 Å². The van der Waals surface area contributed by atoms with Gasteiger partial charge in [0.2, 0.25) is 0 Å². The monoisotopic (exact) mass is 302 g/mol. The Labute approximate surface area is 90.1 Å². The predicted molar refractivity (Wildman–Crippen MR) is 61.4 cm³/mol. The molecule has 0 fully saturated rings. The van der Waals surface area contributed by atoms with E-state index < -0.39 is 18.4 Å². The molecule has 1 aromatic rings. The summed E-state index contributed by atoms with van der Waals surface area (Å²) >= 11 is -2.43. The van der Waals surface area contributed by atoms with Gasteiger partial charge in [0.25, 0.3) is 0 Å². The van der Waals surface area contributed by atoms with E-state index in [1.165, 1.54) is 3.58 Å². The molecular weight excluding hydrogens is 283 g/mol. The minimum atomic E-state index is -2.43. The summed E-state index contributed by atoms with van der Waals surface area (Å²) in [5, 5.41) is 0. The summed E-state index contributed by atoms with van der Waals surface area (Å²) in [7, 11) is 3.44. The van der Waals surface area contributed by atoms with Gasteiger partial charge in [-0.05, 0) is 0 Å². The molecule has 0 unspecified atom stereocenters. The Kier molecular flexibility index (Phi) is 4.41. The topological polar surface area (TPSA) is 18.5 Å². The van der Waals surface area contributed by atoms with Crippen molar-refractivity contribution in [2.24, 2.45) is 0 Å². The maximum atomic E-state index is 5.39. The average molecular weight is 301 g/mol. The molecule has 0 N–H and O–H groups in total. The Morgan fingerprint density at radius 1 is 1.00 bits per heavy atom. The molecule has 2 nitrogen and oxygen atoms in total. The van der Waals surface area contributed by atoms with Gasteiger partial charge in [0.15, 0.2) is 0 Å². The average Bonchev–Trinajstić information content (AvgIpc) is 2.20. The first-order valence-corrected chi connectivity index (χ1v) is 13.5. The molecule has 0 aromatic heterocycles. The molecule has 0 aliphatic heterocycles. The first-order chi connectivity index (χ1) is 6.62. The van der Waals surface area contributed by atoms with E-state index in [0.29, 0.717) is 0 Å². The number of benzene rings is 1. The molecule has 0 saturated heterocycles. The van der Waals surface area contributed by atoms with Crippen LogP contribution in [0.2, 0.25) is 9.88 Å². The van der Waals surface area contributed by atoms with Gasteiger partial charge in [-0.3, -0.25) is 0 Å². The van der Waals surface area contributed by atoms with Crippen molar-refractivity contribution in [3.63, 3.8) is 0 Å². The van der Waals surface area contributed by atoms with Gasteiger partial charge in [-0.25, -0.2) is 0 Å². The molecular formula is C11H18O2Sn. The van der Waals surface area contributed by atoms with Crippen LogP contribution in [0.25, 0.3) is 0 Å². The summed E-state index contributed by atoms with van der Waals surface area (Å²) in [6.45, 7) is 0. The Hall–Kier alpha value is -0.0613. The van der Waals surface area contributed by atoms with Gasteiger partial charge in [0, 0.05) is 0 Å². The first kappa shape index (κ1) is 12.0. The predicted octanol–water partition coefficient (Wildman–Crippen LogP) is 1.76. The third kappa shape index (κ3) is 2.49. The fraction of sp³-hybridized carbons (Fsp3) is 0.455. The second kappa shape index (κ2) is 5.14. The van der Waals surface area contributed by atoms with Crippen LogP contribution in [0.3, 0.4) is 0 Å². The van der Waals surface area contributed by atoms with Gasteiger partial charge in [0.1, 0.15) is 0 Å². The Morgan fingerprint density at radius 2 is 1.50 bits per heavy atom. The molecule has 0 heterocycles. The maximum absolute atomic E-state index is 5.39. The van der Waals surface area contributed by atoms with Crippen LogP contribution < -0.4 is 3.58 Å². The number of rotatable bonds is 4. The zero-order valence-electron chi connectivity index (χ0n) is 9.28. The van der Waals surface area contributed by atoms with Gasteiger partial charge in [0.05, 0.1) is 0 Å². The summed E-state index contributed by atoms with van der Waals surface area (Å²) in [5.74, 6) is 0. The fourth-order valence-electron chi connectivity index (χ4n) is 1.69. The van der Waals surface area contributed by atoms with E-state index in [2.05, 4.69) is 34.1 Å². The molecule has 3 heteroatoms. The third-order valence-electron chi connectivity index (χ3n) is 2.54. The van der Waals surface area contributed by atoms with Crippen LogP contribution in [0.4, 0.5) is 0 Å². The summed E-state index contributed by atoms with van der Waals surface area (Å²) in [4.78, 5) is 4.64. The molecule has 0 aliphatic rings. The normalized spacial score (nSPS) is 12.1. The van der Waals surface area contributed by atoms with Crippen LogP contribution >= 0.6 is 0 Å². The van der Waals surface area contributed by atoms with E-state index in [1.807, 2.05) is 6.07 Å². The number of methoxy groups -OCH3 is 2. The van der Waals surface area contributed by atoms with Gasteiger partial charge < -0.3 is 0 Å². The molecule has 1 aromatic carbocycles. The molecule has 78 valence electrons. The fourth-order valence-corrected chi connectivity index (χ4v) is 8.83. The van der Waals surface area contributed by atoms with Crippen molar-refractivity contribution < 1.29 is 9.47 Å². The molecule has 0 saturated carbocycles. The Bertz CT molecular complexity index is 268. The van der Waals surface area contributed by atoms with Crippen molar-refractivity contribution in [1.82, 2.24) is 0 Å². The summed E-state index contributed by atoms with van der Waals surface area (Å²) < 4.78 is 12.2. The van der Waals surface area contributed by atoms with Crippen molar-refractivity contribution in [3.8, 4) is 0 Å². The van der Waals surface area contributed by atoms with Crippen LogP contribution in [0, 0.1) is 0 Å². The van der Waals surface area contributed by atoms with Crippen LogP contribution in [0.5, 0.6) is 0 Å². The molecule has 0 atom stereocenters. The van der Waals surface area contributed by atoms with Crippen molar-refractivity contribution >= 4 is 22.0 Å². The van der Waals surface area contributed by atoms with Crippen LogP contribution in [0.1, 0.15) is 0 Å².